The lowest BCUT2D eigenvalue weighted by Crippen LogP contribution is -2.39. The number of aromatic nitrogens is 2. The van der Waals surface area contributed by atoms with Crippen molar-refractivity contribution in [2.75, 3.05) is 18.6 Å². The molecular formula is C25H25N3OS. The van der Waals surface area contributed by atoms with Crippen LogP contribution in [0.5, 0.6) is 5.75 Å². The second kappa shape index (κ2) is 6.88. The first kappa shape index (κ1) is 18.0. The van der Waals surface area contributed by atoms with Gasteiger partial charge in [0.05, 0.1) is 18.8 Å². The third kappa shape index (κ3) is 2.68. The first-order chi connectivity index (χ1) is 14.7. The Morgan fingerprint density at radius 2 is 1.97 bits per heavy atom. The highest BCUT2D eigenvalue weighted by Crippen LogP contribution is 2.45. The summed E-state index contributed by atoms with van der Waals surface area (Å²) in [4.78, 5) is 7.60. The fraction of sp³-hybridized carbons (Fsp3) is 0.320. The van der Waals surface area contributed by atoms with Crippen LogP contribution < -0.4 is 9.64 Å². The van der Waals surface area contributed by atoms with E-state index in [2.05, 4.69) is 52.1 Å². The molecule has 3 heterocycles. The number of rotatable bonds is 3. The van der Waals surface area contributed by atoms with Crippen molar-refractivity contribution in [3.05, 3.63) is 64.7 Å². The van der Waals surface area contributed by atoms with Crippen LogP contribution in [0.1, 0.15) is 35.7 Å². The third-order valence-electron chi connectivity index (χ3n) is 6.65. The zero-order chi connectivity index (χ0) is 20.2. The van der Waals surface area contributed by atoms with Gasteiger partial charge in [-0.3, -0.25) is 0 Å². The van der Waals surface area contributed by atoms with Crippen LogP contribution in [0.2, 0.25) is 0 Å². The summed E-state index contributed by atoms with van der Waals surface area (Å²) in [5, 5.41) is 4.80. The van der Waals surface area contributed by atoms with E-state index in [1.54, 1.807) is 24.0 Å². The summed E-state index contributed by atoms with van der Waals surface area (Å²) in [5.41, 5.74) is 8.07. The normalized spacial score (nSPS) is 17.9. The average molecular weight is 416 g/mol. The Balaban J connectivity index is 1.39. The molecule has 1 unspecified atom stereocenters. The number of methoxy groups -OCH3 is 1. The predicted octanol–water partition coefficient (Wildman–Crippen LogP) is 5.98. The fourth-order valence-electron chi connectivity index (χ4n) is 5.24. The van der Waals surface area contributed by atoms with E-state index in [0.29, 0.717) is 6.04 Å². The number of thiazole rings is 1. The van der Waals surface area contributed by atoms with Crippen LogP contribution in [0.3, 0.4) is 0 Å². The predicted molar refractivity (Wildman–Crippen MR) is 124 cm³/mol. The first-order valence-electron chi connectivity index (χ1n) is 10.7. The number of nitrogens with zero attached hydrogens (tertiary/aromatic N) is 3. The van der Waals surface area contributed by atoms with Gasteiger partial charge in [-0.25, -0.2) is 4.98 Å². The van der Waals surface area contributed by atoms with Gasteiger partial charge in [-0.2, -0.15) is 0 Å². The van der Waals surface area contributed by atoms with Crippen LogP contribution in [0.4, 0.5) is 5.13 Å². The summed E-state index contributed by atoms with van der Waals surface area (Å²) < 4.78 is 7.87. The van der Waals surface area contributed by atoms with Crippen LogP contribution in [0.15, 0.2) is 47.8 Å². The summed E-state index contributed by atoms with van der Waals surface area (Å²) >= 11 is 1.77. The summed E-state index contributed by atoms with van der Waals surface area (Å²) in [6.07, 6.45) is 3.65. The molecule has 0 N–H and O–H groups in total. The quantitative estimate of drug-likeness (QED) is 0.412. The molecule has 0 saturated heterocycles. The third-order valence-corrected chi connectivity index (χ3v) is 7.53. The van der Waals surface area contributed by atoms with E-state index in [0.717, 1.165) is 35.2 Å². The van der Waals surface area contributed by atoms with Crippen molar-refractivity contribution in [3.63, 3.8) is 0 Å². The lowest BCUT2D eigenvalue weighted by molar-refractivity contribution is 0.415. The van der Waals surface area contributed by atoms with Gasteiger partial charge >= 0.3 is 0 Å². The molecule has 0 amide bonds. The van der Waals surface area contributed by atoms with E-state index in [-0.39, 0.29) is 0 Å². The number of hydrogen-bond acceptors (Lipinski definition) is 4. The highest BCUT2D eigenvalue weighted by atomic mass is 32.1. The lowest BCUT2D eigenvalue weighted by Gasteiger charge is -2.39. The van der Waals surface area contributed by atoms with E-state index in [1.807, 2.05) is 12.1 Å². The van der Waals surface area contributed by atoms with Gasteiger partial charge in [0.25, 0.3) is 0 Å². The molecule has 1 atom stereocenters. The van der Waals surface area contributed by atoms with Crippen molar-refractivity contribution in [2.45, 2.75) is 38.8 Å². The summed E-state index contributed by atoms with van der Waals surface area (Å²) in [6, 6.07) is 15.6. The zero-order valence-corrected chi connectivity index (χ0v) is 18.2. The molecule has 2 aliphatic rings. The number of aryl methyl sites for hydroxylation is 2. The molecule has 30 heavy (non-hydrogen) atoms. The molecule has 1 aliphatic heterocycles. The molecule has 152 valence electrons. The van der Waals surface area contributed by atoms with Crippen LogP contribution in [-0.4, -0.2) is 23.2 Å². The molecule has 0 fully saturated rings. The van der Waals surface area contributed by atoms with E-state index in [1.165, 1.54) is 41.4 Å². The molecule has 2 aromatic heterocycles. The van der Waals surface area contributed by atoms with Crippen molar-refractivity contribution in [2.24, 2.45) is 0 Å². The Labute approximate surface area is 180 Å². The van der Waals surface area contributed by atoms with Gasteiger partial charge in [0.2, 0.25) is 0 Å². The van der Waals surface area contributed by atoms with Crippen LogP contribution in [0, 0.1) is 6.92 Å². The molecular weight excluding hydrogens is 390 g/mol. The number of fused-ring (bicyclic) bond motifs is 3. The van der Waals surface area contributed by atoms with Gasteiger partial charge in [0, 0.05) is 40.6 Å². The van der Waals surface area contributed by atoms with Crippen LogP contribution in [-0.2, 0) is 13.0 Å². The van der Waals surface area contributed by atoms with Crippen molar-refractivity contribution in [1.29, 1.82) is 0 Å². The smallest absolute Gasteiger partial charge is 0.186 e. The molecule has 1 aliphatic carbocycles. The Kier molecular flexibility index (Phi) is 4.13. The van der Waals surface area contributed by atoms with E-state index in [4.69, 9.17) is 9.72 Å². The summed E-state index contributed by atoms with van der Waals surface area (Å²) in [7, 11) is 1.70. The van der Waals surface area contributed by atoms with Gasteiger partial charge < -0.3 is 14.2 Å². The highest BCUT2D eigenvalue weighted by molar-refractivity contribution is 7.14. The standard InChI is InChI=1S/C25H25N3OS/c1-16-6-11-22-20(14-16)19-4-3-5-23-24(19)27(22)12-13-28(23)25-26-21(15-30-25)17-7-9-18(29-2)10-8-17/h6-11,14-15,23H,3-5,12-13H2,1-2H3. The monoisotopic (exact) mass is 415 g/mol. The van der Waals surface area contributed by atoms with Gasteiger partial charge in [-0.1, -0.05) is 11.6 Å². The Bertz CT molecular complexity index is 1240. The zero-order valence-electron chi connectivity index (χ0n) is 17.4. The van der Waals surface area contributed by atoms with Crippen LogP contribution >= 0.6 is 11.3 Å². The molecule has 0 spiro atoms. The molecule has 6 rings (SSSR count). The number of anilines is 1. The molecule has 5 heteroatoms. The Morgan fingerprint density at radius 1 is 1.10 bits per heavy atom. The minimum atomic E-state index is 0.435. The van der Waals surface area contributed by atoms with E-state index in [9.17, 15) is 0 Å². The second-order valence-electron chi connectivity index (χ2n) is 8.38. The second-order valence-corrected chi connectivity index (χ2v) is 9.22. The van der Waals surface area contributed by atoms with Crippen LogP contribution in [0.25, 0.3) is 22.2 Å². The minimum Gasteiger partial charge on any atom is -0.497 e. The average Bonchev–Trinajstić information content (AvgIpc) is 3.39. The van der Waals surface area contributed by atoms with Crippen molar-refractivity contribution in [1.82, 2.24) is 9.55 Å². The molecule has 0 bridgehead atoms. The Morgan fingerprint density at radius 3 is 2.80 bits per heavy atom. The topological polar surface area (TPSA) is 30.3 Å². The number of benzene rings is 2. The van der Waals surface area contributed by atoms with E-state index >= 15 is 0 Å². The first-order valence-corrected chi connectivity index (χ1v) is 11.6. The number of hydrogen-bond donors (Lipinski definition) is 0. The molecule has 0 radical (unpaired) electrons. The SMILES string of the molecule is COc1ccc(-c2csc(N3CCn4c5c(c6cc(C)ccc64)CCCC53)n2)cc1. The van der Waals surface area contributed by atoms with Gasteiger partial charge in [-0.05, 0) is 68.1 Å². The van der Waals surface area contributed by atoms with Crippen molar-refractivity contribution < 1.29 is 4.74 Å². The maximum atomic E-state index is 5.29. The van der Waals surface area contributed by atoms with Gasteiger partial charge in [0.1, 0.15) is 5.75 Å². The molecule has 4 nitrogen and oxygen atoms in total. The van der Waals surface area contributed by atoms with Gasteiger partial charge in [-0.15, -0.1) is 11.3 Å². The number of ether oxygens (including phenoxy) is 1. The maximum Gasteiger partial charge on any atom is 0.186 e. The maximum absolute atomic E-state index is 5.29. The van der Waals surface area contributed by atoms with Gasteiger partial charge in [0.15, 0.2) is 5.13 Å². The Hall–Kier alpha value is -2.79. The fourth-order valence-corrected chi connectivity index (χ4v) is 6.15. The van der Waals surface area contributed by atoms with Crippen molar-refractivity contribution >= 4 is 27.4 Å². The van der Waals surface area contributed by atoms with Crippen molar-refractivity contribution in [3.8, 4) is 17.0 Å². The molecule has 4 aromatic rings. The lowest BCUT2D eigenvalue weighted by atomic mass is 9.90. The highest BCUT2D eigenvalue weighted by Gasteiger charge is 2.36. The van der Waals surface area contributed by atoms with E-state index < -0.39 is 0 Å². The molecule has 2 aromatic carbocycles. The molecule has 0 saturated carbocycles. The summed E-state index contributed by atoms with van der Waals surface area (Å²) in [5.74, 6) is 0.878. The largest absolute Gasteiger partial charge is 0.497 e. The summed E-state index contributed by atoms with van der Waals surface area (Å²) in [6.45, 7) is 4.25. The minimum absolute atomic E-state index is 0.435.